The minimum absolute atomic E-state index is 0.151. The Bertz CT molecular complexity index is 684. The highest BCUT2D eigenvalue weighted by Gasteiger charge is 2.44. The molecule has 0 radical (unpaired) electrons. The molecule has 6 nitrogen and oxygen atoms in total. The lowest BCUT2D eigenvalue weighted by Crippen LogP contribution is -2.34. The highest BCUT2D eigenvalue weighted by atomic mass is 16.6. The van der Waals surface area contributed by atoms with Crippen molar-refractivity contribution in [2.24, 2.45) is 5.92 Å². The van der Waals surface area contributed by atoms with Crippen molar-refractivity contribution in [2.75, 3.05) is 6.61 Å². The summed E-state index contributed by atoms with van der Waals surface area (Å²) < 4.78 is 11.0. The molecule has 0 saturated carbocycles. The van der Waals surface area contributed by atoms with Crippen LogP contribution < -0.4 is 0 Å². The van der Waals surface area contributed by atoms with Gasteiger partial charge in [0.25, 0.3) is 0 Å². The Hall–Kier alpha value is -2.18. The van der Waals surface area contributed by atoms with Crippen molar-refractivity contribution in [3.63, 3.8) is 0 Å². The molecule has 1 fully saturated rings. The number of aliphatic hydroxyl groups excluding tert-OH is 2. The van der Waals surface area contributed by atoms with E-state index in [0.29, 0.717) is 18.4 Å². The molecule has 0 unspecified atom stereocenters. The first kappa shape index (κ1) is 20.1. The summed E-state index contributed by atoms with van der Waals surface area (Å²) in [5, 5.41) is 19.5. The Morgan fingerprint density at radius 1 is 1.46 bits per heavy atom. The topological polar surface area (TPSA) is 93.1 Å². The van der Waals surface area contributed by atoms with E-state index in [1.807, 2.05) is 13.0 Å². The average molecular weight is 362 g/mol. The highest BCUT2D eigenvalue weighted by Crippen LogP contribution is 2.36. The van der Waals surface area contributed by atoms with Gasteiger partial charge in [-0.25, -0.2) is 9.59 Å². The maximum Gasteiger partial charge on any atom is 0.336 e. The van der Waals surface area contributed by atoms with Gasteiger partial charge in [0.2, 0.25) is 0 Å². The van der Waals surface area contributed by atoms with E-state index >= 15 is 0 Å². The first-order valence-electron chi connectivity index (χ1n) is 8.67. The summed E-state index contributed by atoms with van der Waals surface area (Å²) in [4.78, 5) is 24.4. The molecular formula is C20H26O6. The molecule has 1 heterocycles. The normalized spacial score (nSPS) is 34.1. The summed E-state index contributed by atoms with van der Waals surface area (Å²) in [5.41, 5.74) is 2.00. The molecule has 2 rings (SSSR count). The van der Waals surface area contributed by atoms with Gasteiger partial charge in [0.1, 0.15) is 12.2 Å². The van der Waals surface area contributed by atoms with E-state index in [4.69, 9.17) is 9.47 Å². The van der Waals surface area contributed by atoms with E-state index in [0.717, 1.165) is 5.57 Å². The Morgan fingerprint density at radius 3 is 2.77 bits per heavy atom. The number of hydrogen-bond donors (Lipinski definition) is 2. The van der Waals surface area contributed by atoms with E-state index in [1.165, 1.54) is 6.08 Å². The Kier molecular flexibility index (Phi) is 6.56. The van der Waals surface area contributed by atoms with Gasteiger partial charge in [0.05, 0.1) is 24.2 Å². The van der Waals surface area contributed by atoms with Crippen molar-refractivity contribution < 1.29 is 29.3 Å². The Labute approximate surface area is 153 Å². The zero-order valence-corrected chi connectivity index (χ0v) is 15.4. The van der Waals surface area contributed by atoms with Crippen LogP contribution in [0.1, 0.15) is 33.6 Å². The summed E-state index contributed by atoms with van der Waals surface area (Å²) in [6.45, 7) is 8.69. The zero-order chi connectivity index (χ0) is 19.4. The molecule has 6 heteroatoms. The zero-order valence-electron chi connectivity index (χ0n) is 15.4. The SMILES string of the molecule is C=C1C(=O)O[C@@H]2/C=C(\C)[C@@H](O)C/C=C(\C)C[C@@H](OC(=O)/C(=C\C)CO)[C@@H]12. The fraction of sp³-hybridized carbons (Fsp3) is 0.500. The van der Waals surface area contributed by atoms with Gasteiger partial charge in [-0.2, -0.15) is 0 Å². The van der Waals surface area contributed by atoms with Crippen molar-refractivity contribution >= 4 is 11.9 Å². The van der Waals surface area contributed by atoms with Crippen LogP contribution in [-0.2, 0) is 19.1 Å². The summed E-state index contributed by atoms with van der Waals surface area (Å²) in [6, 6.07) is 0. The Balaban J connectivity index is 2.41. The fourth-order valence-corrected chi connectivity index (χ4v) is 3.18. The number of rotatable bonds is 3. The third kappa shape index (κ3) is 4.31. The third-order valence-electron chi connectivity index (χ3n) is 4.87. The van der Waals surface area contributed by atoms with Gasteiger partial charge in [-0.05, 0) is 38.8 Å². The molecule has 4 atom stereocenters. The van der Waals surface area contributed by atoms with Crippen LogP contribution in [-0.4, -0.2) is 47.1 Å². The number of fused-ring (bicyclic) bond motifs is 1. The molecule has 0 spiro atoms. The molecule has 2 N–H and O–H groups in total. The van der Waals surface area contributed by atoms with Gasteiger partial charge >= 0.3 is 11.9 Å². The van der Waals surface area contributed by atoms with Gasteiger partial charge in [-0.15, -0.1) is 0 Å². The molecule has 1 saturated heterocycles. The van der Waals surface area contributed by atoms with Crippen LogP contribution >= 0.6 is 0 Å². The molecule has 26 heavy (non-hydrogen) atoms. The number of hydrogen-bond acceptors (Lipinski definition) is 6. The van der Waals surface area contributed by atoms with Crippen molar-refractivity contribution in [1.29, 1.82) is 0 Å². The van der Waals surface area contributed by atoms with Crippen molar-refractivity contribution in [1.82, 2.24) is 0 Å². The summed E-state index contributed by atoms with van der Waals surface area (Å²) >= 11 is 0. The third-order valence-corrected chi connectivity index (χ3v) is 4.87. The van der Waals surface area contributed by atoms with Crippen molar-refractivity contribution in [3.8, 4) is 0 Å². The van der Waals surface area contributed by atoms with Crippen LogP contribution in [0, 0.1) is 5.92 Å². The highest BCUT2D eigenvalue weighted by molar-refractivity contribution is 5.92. The summed E-state index contributed by atoms with van der Waals surface area (Å²) in [5.74, 6) is -1.71. The second-order valence-electron chi connectivity index (χ2n) is 6.75. The second kappa shape index (κ2) is 8.47. The van der Waals surface area contributed by atoms with Crippen LogP contribution in [0.2, 0.25) is 0 Å². The molecule has 0 aromatic carbocycles. The second-order valence-corrected chi connectivity index (χ2v) is 6.75. The van der Waals surface area contributed by atoms with Gasteiger partial charge in [-0.3, -0.25) is 0 Å². The molecule has 0 aromatic rings. The van der Waals surface area contributed by atoms with E-state index in [2.05, 4.69) is 6.58 Å². The lowest BCUT2D eigenvalue weighted by molar-refractivity contribution is -0.147. The summed E-state index contributed by atoms with van der Waals surface area (Å²) in [6.07, 6.45) is 3.91. The fourth-order valence-electron chi connectivity index (χ4n) is 3.18. The monoisotopic (exact) mass is 362 g/mol. The number of esters is 2. The first-order valence-corrected chi connectivity index (χ1v) is 8.67. The number of ether oxygens (including phenoxy) is 2. The van der Waals surface area contributed by atoms with E-state index in [9.17, 15) is 19.8 Å². The van der Waals surface area contributed by atoms with Gasteiger partial charge in [-0.1, -0.05) is 24.3 Å². The Morgan fingerprint density at radius 2 is 2.15 bits per heavy atom. The minimum Gasteiger partial charge on any atom is -0.458 e. The number of carbonyl (C=O) groups is 2. The number of allylic oxidation sites excluding steroid dienone is 1. The molecule has 0 bridgehead atoms. The summed E-state index contributed by atoms with van der Waals surface area (Å²) in [7, 11) is 0. The molecule has 1 aliphatic heterocycles. The standard InChI is InChI=1S/C20H26O6/c1-5-14(10-21)20(24)26-16-8-11(2)6-7-15(22)12(3)9-17-18(16)13(4)19(23)25-17/h5-6,9,15-18,21-22H,4,7-8,10H2,1-3H3/b11-6+,12-9+,14-5-/t15-,16+,17+,18+/m0/s1. The predicted molar refractivity (Wildman–Crippen MR) is 96.0 cm³/mol. The number of aliphatic hydroxyl groups is 2. The van der Waals surface area contributed by atoms with E-state index < -0.39 is 42.8 Å². The smallest absolute Gasteiger partial charge is 0.336 e. The maximum atomic E-state index is 12.3. The van der Waals surface area contributed by atoms with Crippen LogP contribution in [0.3, 0.4) is 0 Å². The van der Waals surface area contributed by atoms with Crippen LogP contribution in [0.5, 0.6) is 0 Å². The van der Waals surface area contributed by atoms with Crippen LogP contribution in [0.4, 0.5) is 0 Å². The van der Waals surface area contributed by atoms with Gasteiger partial charge in [0.15, 0.2) is 0 Å². The molecule has 1 aliphatic carbocycles. The average Bonchev–Trinajstić information content (AvgIpc) is 2.86. The minimum atomic E-state index is -0.665. The quantitative estimate of drug-likeness (QED) is 0.453. The lowest BCUT2D eigenvalue weighted by atomic mass is 9.85. The number of carbonyl (C=O) groups excluding carboxylic acids is 2. The van der Waals surface area contributed by atoms with E-state index in [-0.39, 0.29) is 11.1 Å². The largest absolute Gasteiger partial charge is 0.458 e. The van der Waals surface area contributed by atoms with E-state index in [1.54, 1.807) is 19.9 Å². The van der Waals surface area contributed by atoms with Gasteiger partial charge in [0, 0.05) is 12.0 Å². The lowest BCUT2D eigenvalue weighted by Gasteiger charge is -2.28. The first-order chi connectivity index (χ1) is 12.3. The molecule has 142 valence electrons. The molecule has 2 aliphatic rings. The van der Waals surface area contributed by atoms with Crippen molar-refractivity contribution in [3.05, 3.63) is 47.1 Å². The molecular weight excluding hydrogens is 336 g/mol. The van der Waals surface area contributed by atoms with Crippen LogP contribution in [0.25, 0.3) is 0 Å². The van der Waals surface area contributed by atoms with Gasteiger partial charge < -0.3 is 19.7 Å². The maximum absolute atomic E-state index is 12.3. The van der Waals surface area contributed by atoms with Crippen molar-refractivity contribution in [2.45, 2.75) is 51.9 Å². The molecule has 0 aromatic heterocycles. The van der Waals surface area contributed by atoms with Crippen LogP contribution in [0.15, 0.2) is 47.1 Å². The molecule has 0 amide bonds. The predicted octanol–water partition coefficient (Wildman–Crippen LogP) is 1.98.